The monoisotopic (exact) mass is 349 g/mol. The molecule has 0 aliphatic carbocycles. The average Bonchev–Trinajstić information content (AvgIpc) is 2.89. The third kappa shape index (κ3) is 3.35. The maximum absolute atomic E-state index is 13.4. The first-order valence-electron chi connectivity index (χ1n) is 7.11. The van der Waals surface area contributed by atoms with E-state index in [-0.39, 0.29) is 11.3 Å². The fraction of sp³-hybridized carbons (Fsp3) is 0.118. The Kier molecular flexibility index (Phi) is 4.19. The SMILES string of the molecule is O=C(c1cccc(F)c1)N(c1ccc(F)cc1)[C@@H]1C=CS(=O)(=O)C1. The number of hydrogen-bond acceptors (Lipinski definition) is 3. The van der Waals surface area contributed by atoms with E-state index >= 15 is 0 Å². The van der Waals surface area contributed by atoms with Crippen molar-refractivity contribution < 1.29 is 22.0 Å². The first-order chi connectivity index (χ1) is 11.4. The average molecular weight is 349 g/mol. The number of carbonyl (C=O) groups is 1. The van der Waals surface area contributed by atoms with Crippen molar-refractivity contribution in [2.24, 2.45) is 0 Å². The second kappa shape index (κ2) is 6.16. The lowest BCUT2D eigenvalue weighted by atomic mass is 10.1. The van der Waals surface area contributed by atoms with E-state index in [4.69, 9.17) is 0 Å². The third-order valence-electron chi connectivity index (χ3n) is 3.64. The lowest BCUT2D eigenvalue weighted by molar-refractivity contribution is 0.0982. The quantitative estimate of drug-likeness (QED) is 0.856. The molecular formula is C17H13F2NO3S. The molecule has 3 rings (SSSR count). The molecule has 1 aliphatic heterocycles. The van der Waals surface area contributed by atoms with Crippen LogP contribution < -0.4 is 4.90 Å². The summed E-state index contributed by atoms with van der Waals surface area (Å²) < 4.78 is 50.0. The summed E-state index contributed by atoms with van der Waals surface area (Å²) in [5, 5.41) is 1.05. The van der Waals surface area contributed by atoms with Crippen LogP contribution in [0.4, 0.5) is 14.5 Å². The van der Waals surface area contributed by atoms with Gasteiger partial charge in [-0.25, -0.2) is 17.2 Å². The number of rotatable bonds is 3. The van der Waals surface area contributed by atoms with Crippen molar-refractivity contribution in [2.45, 2.75) is 6.04 Å². The van der Waals surface area contributed by atoms with Gasteiger partial charge in [-0.3, -0.25) is 4.79 Å². The molecule has 0 N–H and O–H groups in total. The summed E-state index contributed by atoms with van der Waals surface area (Å²) >= 11 is 0. The molecule has 0 spiro atoms. The van der Waals surface area contributed by atoms with Crippen molar-refractivity contribution in [3.63, 3.8) is 0 Å². The standard InChI is InChI=1S/C17H13F2NO3S/c18-13-4-6-15(7-5-13)20(16-8-9-24(22,23)11-16)17(21)12-2-1-3-14(19)10-12/h1-10,16H,11H2/t16-/m1/s1. The minimum Gasteiger partial charge on any atom is -0.300 e. The van der Waals surface area contributed by atoms with Gasteiger partial charge in [0.1, 0.15) is 11.6 Å². The van der Waals surface area contributed by atoms with Crippen LogP contribution in [0.1, 0.15) is 10.4 Å². The molecule has 1 heterocycles. The van der Waals surface area contributed by atoms with E-state index in [1.165, 1.54) is 53.4 Å². The van der Waals surface area contributed by atoms with Gasteiger partial charge in [-0.15, -0.1) is 0 Å². The van der Waals surface area contributed by atoms with Crippen molar-refractivity contribution in [3.8, 4) is 0 Å². The van der Waals surface area contributed by atoms with Gasteiger partial charge in [0.2, 0.25) is 0 Å². The van der Waals surface area contributed by atoms with Crippen LogP contribution in [-0.2, 0) is 9.84 Å². The molecule has 1 atom stereocenters. The molecule has 0 unspecified atom stereocenters. The lowest BCUT2D eigenvalue weighted by Gasteiger charge is -2.27. The summed E-state index contributed by atoms with van der Waals surface area (Å²) in [6.45, 7) is 0. The highest BCUT2D eigenvalue weighted by Gasteiger charge is 2.32. The molecule has 2 aromatic rings. The maximum Gasteiger partial charge on any atom is 0.258 e. The smallest absolute Gasteiger partial charge is 0.258 e. The molecule has 1 amide bonds. The van der Waals surface area contributed by atoms with Gasteiger partial charge in [0, 0.05) is 16.7 Å². The number of halogens is 2. The lowest BCUT2D eigenvalue weighted by Crippen LogP contribution is -2.41. The van der Waals surface area contributed by atoms with Crippen LogP contribution in [0.2, 0.25) is 0 Å². The van der Waals surface area contributed by atoms with Gasteiger partial charge < -0.3 is 4.90 Å². The van der Waals surface area contributed by atoms with Crippen LogP contribution in [0.5, 0.6) is 0 Å². The Hall–Kier alpha value is -2.54. The topological polar surface area (TPSA) is 54.5 Å². The maximum atomic E-state index is 13.4. The van der Waals surface area contributed by atoms with Gasteiger partial charge in [-0.1, -0.05) is 6.07 Å². The van der Waals surface area contributed by atoms with E-state index in [1.54, 1.807) is 0 Å². The zero-order chi connectivity index (χ0) is 17.3. The van der Waals surface area contributed by atoms with Crippen LogP contribution >= 0.6 is 0 Å². The van der Waals surface area contributed by atoms with E-state index in [0.717, 1.165) is 11.5 Å². The minimum absolute atomic E-state index is 0.0806. The van der Waals surface area contributed by atoms with E-state index in [9.17, 15) is 22.0 Å². The fourth-order valence-electron chi connectivity index (χ4n) is 2.54. The Balaban J connectivity index is 2.03. The van der Waals surface area contributed by atoms with Gasteiger partial charge in [-0.05, 0) is 48.5 Å². The van der Waals surface area contributed by atoms with E-state index < -0.39 is 33.4 Å². The summed E-state index contributed by atoms with van der Waals surface area (Å²) in [7, 11) is -3.40. The number of hydrogen-bond donors (Lipinski definition) is 0. The van der Waals surface area contributed by atoms with E-state index in [2.05, 4.69) is 0 Å². The van der Waals surface area contributed by atoms with Crippen LogP contribution in [0.15, 0.2) is 60.0 Å². The second-order valence-corrected chi connectivity index (χ2v) is 7.32. The first kappa shape index (κ1) is 16.3. The molecule has 0 aromatic heterocycles. The minimum atomic E-state index is -3.40. The highest BCUT2D eigenvalue weighted by molar-refractivity contribution is 7.94. The van der Waals surface area contributed by atoms with Crippen LogP contribution in [0, 0.1) is 11.6 Å². The molecule has 2 aromatic carbocycles. The number of nitrogens with zero attached hydrogens (tertiary/aromatic N) is 1. The fourth-order valence-corrected chi connectivity index (χ4v) is 3.81. The molecule has 124 valence electrons. The van der Waals surface area contributed by atoms with Crippen LogP contribution in [0.25, 0.3) is 0 Å². The summed E-state index contributed by atoms with van der Waals surface area (Å²) in [6, 6.07) is 9.49. The Morgan fingerprint density at radius 1 is 1.04 bits per heavy atom. The number of sulfone groups is 1. The van der Waals surface area contributed by atoms with Crippen molar-refractivity contribution in [1.82, 2.24) is 0 Å². The first-order valence-corrected chi connectivity index (χ1v) is 8.83. The molecule has 1 aliphatic rings. The molecule has 0 fully saturated rings. The summed E-state index contributed by atoms with van der Waals surface area (Å²) in [6.07, 6.45) is 1.40. The van der Waals surface area contributed by atoms with E-state index in [1.807, 2.05) is 0 Å². The summed E-state index contributed by atoms with van der Waals surface area (Å²) in [5.74, 6) is -1.89. The summed E-state index contributed by atoms with van der Waals surface area (Å²) in [4.78, 5) is 14.0. The van der Waals surface area contributed by atoms with Crippen LogP contribution in [0.3, 0.4) is 0 Å². The Morgan fingerprint density at radius 3 is 2.33 bits per heavy atom. The van der Waals surface area contributed by atoms with Gasteiger partial charge >= 0.3 is 0 Å². The van der Waals surface area contributed by atoms with Crippen molar-refractivity contribution >= 4 is 21.4 Å². The molecule has 24 heavy (non-hydrogen) atoms. The third-order valence-corrected chi connectivity index (χ3v) is 5.02. The molecule has 0 bridgehead atoms. The Bertz CT molecular complexity index is 908. The van der Waals surface area contributed by atoms with Crippen LogP contribution in [-0.4, -0.2) is 26.1 Å². The number of amides is 1. The molecule has 0 radical (unpaired) electrons. The molecule has 7 heteroatoms. The highest BCUT2D eigenvalue weighted by atomic mass is 32.2. The van der Waals surface area contributed by atoms with Gasteiger partial charge in [0.25, 0.3) is 5.91 Å². The molecule has 4 nitrogen and oxygen atoms in total. The van der Waals surface area contributed by atoms with Gasteiger partial charge in [0.05, 0.1) is 11.8 Å². The number of anilines is 1. The number of carbonyl (C=O) groups excluding carboxylic acids is 1. The highest BCUT2D eigenvalue weighted by Crippen LogP contribution is 2.25. The molecule has 0 saturated heterocycles. The normalized spacial score (nSPS) is 18.5. The predicted molar refractivity (Wildman–Crippen MR) is 86.3 cm³/mol. The molecule has 0 saturated carbocycles. The zero-order valence-corrected chi connectivity index (χ0v) is 13.2. The molecular weight excluding hydrogens is 336 g/mol. The van der Waals surface area contributed by atoms with E-state index in [0.29, 0.717) is 5.69 Å². The summed E-state index contributed by atoms with van der Waals surface area (Å²) in [5.41, 5.74) is 0.412. The van der Waals surface area contributed by atoms with Gasteiger partial charge in [-0.2, -0.15) is 0 Å². The largest absolute Gasteiger partial charge is 0.300 e. The van der Waals surface area contributed by atoms with Gasteiger partial charge in [0.15, 0.2) is 9.84 Å². The Morgan fingerprint density at radius 2 is 1.75 bits per heavy atom. The number of benzene rings is 2. The van der Waals surface area contributed by atoms with Crippen molar-refractivity contribution in [3.05, 3.63) is 77.2 Å². The van der Waals surface area contributed by atoms with Crippen molar-refractivity contribution in [2.75, 3.05) is 10.7 Å². The van der Waals surface area contributed by atoms with Crippen molar-refractivity contribution in [1.29, 1.82) is 0 Å². The predicted octanol–water partition coefficient (Wildman–Crippen LogP) is 2.92. The zero-order valence-electron chi connectivity index (χ0n) is 12.4. The Labute approximate surface area is 137 Å². The second-order valence-electron chi connectivity index (χ2n) is 5.39.